The van der Waals surface area contributed by atoms with Gasteiger partial charge in [0.05, 0.1) is 11.0 Å². The molecule has 2 aromatic heterocycles. The summed E-state index contributed by atoms with van der Waals surface area (Å²) in [5.74, 6) is 2.00. The highest BCUT2D eigenvalue weighted by atomic mass is 15.0. The van der Waals surface area contributed by atoms with Crippen LogP contribution in [0.1, 0.15) is 76.6 Å². The van der Waals surface area contributed by atoms with Gasteiger partial charge in [-0.2, -0.15) is 0 Å². The number of benzene rings is 8. The van der Waals surface area contributed by atoms with Crippen molar-refractivity contribution in [3.63, 3.8) is 0 Å². The second-order valence-electron chi connectivity index (χ2n) is 19.5. The first-order chi connectivity index (χ1) is 29.9. The van der Waals surface area contributed by atoms with E-state index in [1.807, 2.05) is 18.2 Å². The van der Waals surface area contributed by atoms with Crippen LogP contribution in [0.3, 0.4) is 0 Å². The average Bonchev–Trinajstić information content (AvgIpc) is 3.75. The van der Waals surface area contributed by atoms with Crippen LogP contribution in [0.15, 0.2) is 158 Å². The minimum Gasteiger partial charge on any atom is -0.309 e. The first kappa shape index (κ1) is 36.9. The molecular weight excluding hydrogens is 753 g/mol. The van der Waals surface area contributed by atoms with E-state index >= 15 is 0 Å². The number of rotatable bonds is 4. The van der Waals surface area contributed by atoms with Crippen molar-refractivity contribution in [2.24, 2.45) is 0 Å². The maximum atomic E-state index is 5.21. The second-order valence-corrected chi connectivity index (χ2v) is 19.5. The van der Waals surface area contributed by atoms with Crippen molar-refractivity contribution >= 4 is 43.4 Å². The Bertz CT molecular complexity index is 3500. The first-order valence-electron chi connectivity index (χ1n) is 22.1. The number of nitrogens with zero attached hydrogens (tertiary/aromatic N) is 4. The van der Waals surface area contributed by atoms with E-state index in [0.29, 0.717) is 17.5 Å². The van der Waals surface area contributed by atoms with Crippen molar-refractivity contribution in [3.8, 4) is 51.0 Å². The molecule has 8 aromatic carbocycles. The summed E-state index contributed by atoms with van der Waals surface area (Å²) in [6.07, 6.45) is 2.36. The van der Waals surface area contributed by atoms with E-state index < -0.39 is 0 Å². The van der Waals surface area contributed by atoms with Crippen LogP contribution in [0, 0.1) is 0 Å². The number of aromatic nitrogens is 4. The van der Waals surface area contributed by atoms with E-state index in [1.165, 1.54) is 84.2 Å². The molecule has 0 saturated heterocycles. The van der Waals surface area contributed by atoms with Crippen LogP contribution in [0.4, 0.5) is 0 Å². The van der Waals surface area contributed by atoms with Gasteiger partial charge in [0.2, 0.25) is 0 Å². The third-order valence-electron chi connectivity index (χ3n) is 14.5. The quantitative estimate of drug-likeness (QED) is 0.178. The van der Waals surface area contributed by atoms with Crippen LogP contribution in [0.25, 0.3) is 94.3 Å². The van der Waals surface area contributed by atoms with Crippen molar-refractivity contribution in [2.75, 3.05) is 0 Å². The van der Waals surface area contributed by atoms with E-state index in [9.17, 15) is 0 Å². The maximum Gasteiger partial charge on any atom is 0.164 e. The van der Waals surface area contributed by atoms with Crippen LogP contribution in [0.5, 0.6) is 0 Å². The van der Waals surface area contributed by atoms with E-state index in [-0.39, 0.29) is 16.2 Å². The zero-order chi connectivity index (χ0) is 42.1. The topological polar surface area (TPSA) is 43.6 Å². The molecule has 0 N–H and O–H groups in total. The molecule has 0 unspecified atom stereocenters. The van der Waals surface area contributed by atoms with Crippen LogP contribution in [-0.2, 0) is 16.2 Å². The highest BCUT2D eigenvalue weighted by molar-refractivity contribution is 6.21. The average molecular weight is 801 g/mol. The van der Waals surface area contributed by atoms with Crippen molar-refractivity contribution in [3.05, 3.63) is 180 Å². The van der Waals surface area contributed by atoms with Gasteiger partial charge < -0.3 is 4.57 Å². The van der Waals surface area contributed by atoms with E-state index in [1.54, 1.807) is 0 Å². The van der Waals surface area contributed by atoms with Crippen LogP contribution in [-0.4, -0.2) is 19.5 Å². The third-order valence-corrected chi connectivity index (χ3v) is 14.5. The van der Waals surface area contributed by atoms with Gasteiger partial charge >= 0.3 is 0 Å². The zero-order valence-corrected chi connectivity index (χ0v) is 36.2. The molecule has 0 atom stereocenters. The molecule has 0 saturated carbocycles. The molecule has 62 heavy (non-hydrogen) atoms. The monoisotopic (exact) mass is 800 g/mol. The summed E-state index contributed by atoms with van der Waals surface area (Å²) in [4.78, 5) is 15.4. The summed E-state index contributed by atoms with van der Waals surface area (Å²) in [6.45, 7) is 14.3. The Kier molecular flexibility index (Phi) is 7.77. The molecule has 2 aliphatic rings. The summed E-state index contributed by atoms with van der Waals surface area (Å²) in [6, 6.07) is 57.8. The van der Waals surface area contributed by atoms with Crippen molar-refractivity contribution in [2.45, 2.75) is 70.6 Å². The van der Waals surface area contributed by atoms with Gasteiger partial charge in [-0.15, -0.1) is 0 Å². The molecule has 300 valence electrons. The Labute approximate surface area is 363 Å². The molecule has 4 nitrogen and oxygen atoms in total. The molecule has 10 aromatic rings. The largest absolute Gasteiger partial charge is 0.309 e. The number of hydrogen-bond donors (Lipinski definition) is 0. The molecule has 0 bridgehead atoms. The number of hydrogen-bond acceptors (Lipinski definition) is 3. The lowest BCUT2D eigenvalue weighted by molar-refractivity contribution is 0.332. The Morgan fingerprint density at radius 2 is 1.00 bits per heavy atom. The van der Waals surface area contributed by atoms with Gasteiger partial charge in [0.1, 0.15) is 0 Å². The summed E-state index contributed by atoms with van der Waals surface area (Å²) in [5.41, 5.74) is 14.8. The van der Waals surface area contributed by atoms with Gasteiger partial charge in [0, 0.05) is 38.6 Å². The van der Waals surface area contributed by atoms with Crippen LogP contribution in [0.2, 0.25) is 0 Å². The molecule has 0 amide bonds. The van der Waals surface area contributed by atoms with Gasteiger partial charge in [-0.3, -0.25) is 0 Å². The minimum atomic E-state index is -0.128. The highest BCUT2D eigenvalue weighted by Gasteiger charge is 2.38. The number of fused-ring (bicyclic) bond motifs is 10. The Balaban J connectivity index is 1.01. The first-order valence-corrected chi connectivity index (χ1v) is 22.1. The summed E-state index contributed by atoms with van der Waals surface area (Å²) < 4.78 is 2.50. The van der Waals surface area contributed by atoms with Crippen LogP contribution >= 0.6 is 0 Å². The van der Waals surface area contributed by atoms with Gasteiger partial charge in [-0.1, -0.05) is 157 Å². The molecule has 0 fully saturated rings. The van der Waals surface area contributed by atoms with E-state index in [0.717, 1.165) is 27.8 Å². The van der Waals surface area contributed by atoms with E-state index in [2.05, 4.69) is 186 Å². The molecule has 4 heteroatoms. The van der Waals surface area contributed by atoms with Gasteiger partial charge in [-0.05, 0) is 121 Å². The smallest absolute Gasteiger partial charge is 0.164 e. The third kappa shape index (κ3) is 5.48. The molecule has 0 radical (unpaired) electrons. The summed E-state index contributed by atoms with van der Waals surface area (Å²) in [7, 11) is 0. The molecular formula is C58H48N4. The van der Waals surface area contributed by atoms with Crippen molar-refractivity contribution in [1.82, 2.24) is 19.5 Å². The minimum absolute atomic E-state index is 0.0977. The molecule has 0 aliphatic heterocycles. The lowest BCUT2D eigenvalue weighted by Crippen LogP contribution is -2.33. The summed E-state index contributed by atoms with van der Waals surface area (Å²) in [5, 5.41) is 7.52. The fourth-order valence-corrected chi connectivity index (χ4v) is 10.8. The fraction of sp³-hybridized carbons (Fsp3) is 0.190. The lowest BCUT2D eigenvalue weighted by Gasteiger charge is -2.42. The molecule has 2 heterocycles. The highest BCUT2D eigenvalue weighted by Crippen LogP contribution is 2.51. The molecule has 0 spiro atoms. The van der Waals surface area contributed by atoms with E-state index in [4.69, 9.17) is 15.0 Å². The standard InChI is InChI=1S/C58H48N4/c1-56(2)28-29-57(3,4)49-34-51-45(33-48(49)56)52-42-17-11-10-14-35(42)24-27-50(52)62(51)41-25-22-37-30-39(21-20-38(37)31-41)54-59-53(36-15-8-7-9-16-36)60-55(61-54)40-23-26-44-43-18-12-13-19-46(43)58(5,6)47(44)32-40/h7-27,30-34H,28-29H2,1-6H3. The van der Waals surface area contributed by atoms with Gasteiger partial charge in [0.25, 0.3) is 0 Å². The second kappa shape index (κ2) is 13.0. The van der Waals surface area contributed by atoms with Gasteiger partial charge in [0.15, 0.2) is 17.5 Å². The zero-order valence-electron chi connectivity index (χ0n) is 36.2. The normalized spacial score (nSPS) is 15.8. The van der Waals surface area contributed by atoms with Crippen molar-refractivity contribution < 1.29 is 0 Å². The predicted molar refractivity (Wildman–Crippen MR) is 258 cm³/mol. The molecule has 2 aliphatic carbocycles. The summed E-state index contributed by atoms with van der Waals surface area (Å²) >= 11 is 0. The Hall–Kier alpha value is -6.91. The predicted octanol–water partition coefficient (Wildman–Crippen LogP) is 14.9. The van der Waals surface area contributed by atoms with Crippen molar-refractivity contribution in [1.29, 1.82) is 0 Å². The van der Waals surface area contributed by atoms with Gasteiger partial charge in [-0.25, -0.2) is 15.0 Å². The maximum absolute atomic E-state index is 5.21. The SMILES string of the molecule is CC1(C)CCC(C)(C)c2cc3c(cc21)c1c2ccccc2ccc1n3-c1ccc2cc(-c3nc(-c4ccccc4)nc(-c4ccc5c(c4)C(C)(C)c4ccccc4-5)n3)ccc2c1. The fourth-order valence-electron chi connectivity index (χ4n) is 10.8. The Morgan fingerprint density at radius 1 is 0.403 bits per heavy atom. The lowest BCUT2D eigenvalue weighted by atomic mass is 9.63. The molecule has 12 rings (SSSR count). The Morgan fingerprint density at radius 3 is 1.79 bits per heavy atom. The van der Waals surface area contributed by atoms with Crippen LogP contribution < -0.4 is 0 Å².